The molecule has 0 bridgehead atoms. The largest absolute Gasteiger partial charge is 0.375 e. The highest BCUT2D eigenvalue weighted by Gasteiger charge is 2.15. The number of benzene rings is 1. The lowest BCUT2D eigenvalue weighted by Crippen LogP contribution is -2.06. The van der Waals surface area contributed by atoms with E-state index < -0.39 is 0 Å². The molecular weight excluding hydrogens is 366 g/mol. The summed E-state index contributed by atoms with van der Waals surface area (Å²) in [7, 11) is 0. The zero-order chi connectivity index (χ0) is 13.4. The molecule has 0 saturated heterocycles. The van der Waals surface area contributed by atoms with Crippen molar-refractivity contribution in [3.05, 3.63) is 38.0 Å². The minimum atomic E-state index is 0.152. The van der Waals surface area contributed by atoms with Crippen LogP contribution in [0.4, 0.5) is 5.69 Å². The molecule has 0 spiro atoms. The number of rotatable bonds is 3. The Morgan fingerprint density at radius 2 is 2.16 bits per heavy atom. The highest BCUT2D eigenvalue weighted by Crippen LogP contribution is 2.36. The van der Waals surface area contributed by atoms with Crippen molar-refractivity contribution in [3.63, 3.8) is 0 Å². The summed E-state index contributed by atoms with van der Waals surface area (Å²) in [5.74, 6) is 0. The first-order chi connectivity index (χ1) is 9.16. The Kier molecular flexibility index (Phi) is 3.75. The van der Waals surface area contributed by atoms with Gasteiger partial charge in [0.15, 0.2) is 0 Å². The highest BCUT2D eigenvalue weighted by atomic mass is 79.9. The second kappa shape index (κ2) is 5.36. The summed E-state index contributed by atoms with van der Waals surface area (Å²) in [6, 6.07) is 5.94. The van der Waals surface area contributed by atoms with E-state index in [1.807, 2.05) is 18.2 Å². The summed E-state index contributed by atoms with van der Waals surface area (Å²) >= 11 is 12.7. The second-order valence-corrected chi connectivity index (χ2v) is 6.79. The number of halogens is 2. The molecule has 1 atom stereocenters. The molecule has 0 radical (unpaired) electrons. The minimum Gasteiger partial charge on any atom is -0.375 e. The van der Waals surface area contributed by atoms with Crippen molar-refractivity contribution in [2.45, 2.75) is 13.0 Å². The number of nitrogens with one attached hydrogen (secondary N) is 1. The van der Waals surface area contributed by atoms with E-state index in [0.29, 0.717) is 5.02 Å². The lowest BCUT2D eigenvalue weighted by Gasteiger charge is -2.15. The summed E-state index contributed by atoms with van der Waals surface area (Å²) in [6.07, 6.45) is 0. The second-order valence-electron chi connectivity index (χ2n) is 4.05. The molecule has 2 heterocycles. The van der Waals surface area contributed by atoms with E-state index in [9.17, 15) is 0 Å². The van der Waals surface area contributed by atoms with Crippen molar-refractivity contribution < 1.29 is 0 Å². The lowest BCUT2D eigenvalue weighted by molar-refractivity contribution is 0.905. The van der Waals surface area contributed by atoms with E-state index in [2.05, 4.69) is 42.3 Å². The number of anilines is 1. The van der Waals surface area contributed by atoms with Crippen molar-refractivity contribution >= 4 is 67.3 Å². The summed E-state index contributed by atoms with van der Waals surface area (Å²) in [5, 5.41) is 6.16. The average Bonchev–Trinajstić information content (AvgIpc) is 3.01. The van der Waals surface area contributed by atoms with E-state index in [1.165, 1.54) is 16.6 Å². The molecule has 0 aliphatic heterocycles. The van der Waals surface area contributed by atoms with Crippen LogP contribution in [0.5, 0.6) is 0 Å². The third kappa shape index (κ3) is 2.50. The fraction of sp³-hybridized carbons (Fsp3) is 0.167. The Bertz CT molecular complexity index is 725. The van der Waals surface area contributed by atoms with Gasteiger partial charge in [-0.25, -0.2) is 0 Å². The van der Waals surface area contributed by atoms with Crippen molar-refractivity contribution in [1.29, 1.82) is 0 Å². The van der Waals surface area contributed by atoms with Crippen LogP contribution in [0.2, 0.25) is 5.02 Å². The van der Waals surface area contributed by atoms with Crippen LogP contribution in [-0.2, 0) is 0 Å². The summed E-state index contributed by atoms with van der Waals surface area (Å²) in [5.41, 5.74) is 2.55. The monoisotopic (exact) mass is 373 g/mol. The molecule has 2 aromatic heterocycles. The van der Waals surface area contributed by atoms with Crippen LogP contribution < -0.4 is 5.32 Å². The Hall–Kier alpha value is -0.690. The van der Waals surface area contributed by atoms with Crippen LogP contribution in [0, 0.1) is 0 Å². The minimum absolute atomic E-state index is 0.152. The topological polar surface area (TPSA) is 37.8 Å². The number of hydrogen-bond donors (Lipinski definition) is 1. The number of thiophene rings is 1. The van der Waals surface area contributed by atoms with Gasteiger partial charge >= 0.3 is 0 Å². The average molecular weight is 375 g/mol. The first kappa shape index (κ1) is 13.3. The van der Waals surface area contributed by atoms with Gasteiger partial charge in [-0.3, -0.25) is 0 Å². The Morgan fingerprint density at radius 3 is 2.89 bits per heavy atom. The number of hydrogen-bond acceptors (Lipinski definition) is 5. The molecule has 1 N–H and O–H groups in total. The van der Waals surface area contributed by atoms with Crippen molar-refractivity contribution in [2.24, 2.45) is 0 Å². The van der Waals surface area contributed by atoms with Gasteiger partial charge in [0.05, 0.1) is 28.5 Å². The standard InChI is InChI=1S/C12H9BrClN3S2/c1-6(12-7(13)4-5-18-12)15-10-8(14)2-3-9-11(10)17-19-16-9/h2-6,15H,1H3. The van der Waals surface area contributed by atoms with Gasteiger partial charge in [-0.2, -0.15) is 8.75 Å². The highest BCUT2D eigenvalue weighted by molar-refractivity contribution is 9.10. The zero-order valence-corrected chi connectivity index (χ0v) is 13.8. The van der Waals surface area contributed by atoms with Crippen LogP contribution >= 0.6 is 50.6 Å². The predicted octanol–water partition coefficient (Wildman–Crippen LogP) is 5.34. The lowest BCUT2D eigenvalue weighted by atomic mass is 10.2. The third-order valence-corrected chi connectivity index (χ3v) is 5.69. The summed E-state index contributed by atoms with van der Waals surface area (Å²) in [6.45, 7) is 2.10. The molecule has 0 amide bonds. The van der Waals surface area contributed by atoms with Gasteiger partial charge in [0.25, 0.3) is 0 Å². The quantitative estimate of drug-likeness (QED) is 0.672. The van der Waals surface area contributed by atoms with Crippen LogP contribution in [0.3, 0.4) is 0 Å². The SMILES string of the molecule is CC(Nc1c(Cl)ccc2nsnc12)c1sccc1Br. The number of aromatic nitrogens is 2. The number of nitrogens with zero attached hydrogens (tertiary/aromatic N) is 2. The van der Waals surface area contributed by atoms with Crippen LogP contribution in [0.1, 0.15) is 17.8 Å². The fourth-order valence-electron chi connectivity index (χ4n) is 1.86. The van der Waals surface area contributed by atoms with Gasteiger partial charge < -0.3 is 5.32 Å². The molecule has 1 unspecified atom stereocenters. The molecule has 3 rings (SSSR count). The maximum atomic E-state index is 6.27. The van der Waals surface area contributed by atoms with Crippen LogP contribution in [-0.4, -0.2) is 8.75 Å². The van der Waals surface area contributed by atoms with E-state index in [4.69, 9.17) is 11.6 Å². The molecule has 7 heteroatoms. The van der Waals surface area contributed by atoms with Gasteiger partial charge in [-0.1, -0.05) is 11.6 Å². The molecule has 0 fully saturated rings. The van der Waals surface area contributed by atoms with Gasteiger partial charge in [0, 0.05) is 9.35 Å². The smallest absolute Gasteiger partial charge is 0.129 e. The summed E-state index contributed by atoms with van der Waals surface area (Å²) in [4.78, 5) is 1.23. The Balaban J connectivity index is 1.99. The molecular formula is C12H9BrClN3S2. The molecule has 0 aliphatic rings. The van der Waals surface area contributed by atoms with Crippen molar-refractivity contribution in [1.82, 2.24) is 8.75 Å². The van der Waals surface area contributed by atoms with Gasteiger partial charge in [0.2, 0.25) is 0 Å². The maximum Gasteiger partial charge on any atom is 0.129 e. The van der Waals surface area contributed by atoms with Crippen LogP contribution in [0.25, 0.3) is 11.0 Å². The molecule has 0 aliphatic carbocycles. The third-order valence-electron chi connectivity index (χ3n) is 2.78. The van der Waals surface area contributed by atoms with E-state index in [-0.39, 0.29) is 6.04 Å². The van der Waals surface area contributed by atoms with E-state index in [0.717, 1.165) is 21.2 Å². The summed E-state index contributed by atoms with van der Waals surface area (Å²) < 4.78 is 9.65. The molecule has 3 aromatic rings. The molecule has 0 saturated carbocycles. The van der Waals surface area contributed by atoms with E-state index in [1.54, 1.807) is 11.3 Å². The number of fused-ring (bicyclic) bond motifs is 1. The molecule has 3 nitrogen and oxygen atoms in total. The Labute approximate surface area is 132 Å². The Morgan fingerprint density at radius 1 is 1.32 bits per heavy atom. The van der Waals surface area contributed by atoms with Gasteiger partial charge in [-0.15, -0.1) is 11.3 Å². The fourth-order valence-corrected chi connectivity index (χ4v) is 4.34. The predicted molar refractivity (Wildman–Crippen MR) is 86.5 cm³/mol. The van der Waals surface area contributed by atoms with Gasteiger partial charge in [0.1, 0.15) is 11.0 Å². The first-order valence-electron chi connectivity index (χ1n) is 5.57. The first-order valence-corrected chi connectivity index (χ1v) is 8.35. The van der Waals surface area contributed by atoms with E-state index >= 15 is 0 Å². The zero-order valence-electron chi connectivity index (χ0n) is 9.85. The molecule has 1 aromatic carbocycles. The van der Waals surface area contributed by atoms with Crippen LogP contribution in [0.15, 0.2) is 28.1 Å². The van der Waals surface area contributed by atoms with Gasteiger partial charge in [-0.05, 0) is 46.4 Å². The maximum absolute atomic E-state index is 6.27. The van der Waals surface area contributed by atoms with Crippen molar-refractivity contribution in [3.8, 4) is 0 Å². The van der Waals surface area contributed by atoms with Crippen molar-refractivity contribution in [2.75, 3.05) is 5.32 Å². The molecule has 98 valence electrons. The normalized spacial score (nSPS) is 12.8. The molecule has 19 heavy (non-hydrogen) atoms.